The van der Waals surface area contributed by atoms with Gasteiger partial charge in [0.1, 0.15) is 5.75 Å². The van der Waals surface area contributed by atoms with Gasteiger partial charge in [0.15, 0.2) is 0 Å². The third kappa shape index (κ3) is 3.41. The second-order valence-electron chi connectivity index (χ2n) is 5.46. The quantitative estimate of drug-likeness (QED) is 0.877. The molecule has 2 N–H and O–H groups in total. The highest BCUT2D eigenvalue weighted by Gasteiger charge is 2.30. The van der Waals surface area contributed by atoms with Gasteiger partial charge in [0, 0.05) is 18.0 Å². The van der Waals surface area contributed by atoms with Crippen LogP contribution in [0.25, 0.3) is 11.6 Å². The van der Waals surface area contributed by atoms with Crippen LogP contribution in [-0.2, 0) is 14.8 Å². The molecular weight excluding hydrogens is 342 g/mol. The highest BCUT2D eigenvalue weighted by Crippen LogP contribution is 2.34. The van der Waals surface area contributed by atoms with Gasteiger partial charge in [0.05, 0.1) is 11.3 Å². The first kappa shape index (κ1) is 16.8. The van der Waals surface area contributed by atoms with E-state index in [1.807, 2.05) is 0 Å². The van der Waals surface area contributed by atoms with E-state index >= 15 is 0 Å². The van der Waals surface area contributed by atoms with Crippen molar-refractivity contribution in [1.29, 1.82) is 0 Å². The zero-order chi connectivity index (χ0) is 18.0. The number of carbonyl (C=O) groups is 1. The van der Waals surface area contributed by atoms with Gasteiger partial charge in [-0.05, 0) is 35.4 Å². The Morgan fingerprint density at radius 1 is 1.08 bits per heavy atom. The molecule has 2 aromatic rings. The summed E-state index contributed by atoms with van der Waals surface area (Å²) in [5, 5.41) is 18.4. The van der Waals surface area contributed by atoms with Crippen LogP contribution in [0.15, 0.2) is 65.8 Å². The smallest absolute Gasteiger partial charge is 0.307 e. The van der Waals surface area contributed by atoms with E-state index in [9.17, 15) is 18.3 Å². The maximum absolute atomic E-state index is 12.8. The molecule has 0 saturated heterocycles. The molecule has 128 valence electrons. The van der Waals surface area contributed by atoms with Crippen molar-refractivity contribution in [2.75, 3.05) is 0 Å². The first-order valence-electron chi connectivity index (χ1n) is 7.40. The van der Waals surface area contributed by atoms with Gasteiger partial charge < -0.3 is 10.2 Å². The Morgan fingerprint density at radius 3 is 2.44 bits per heavy atom. The molecule has 0 amide bonds. The summed E-state index contributed by atoms with van der Waals surface area (Å²) in [5.74, 6) is -0.928. The summed E-state index contributed by atoms with van der Waals surface area (Å²) in [5.41, 5.74) is 1.51. The monoisotopic (exact) mass is 357 g/mol. The van der Waals surface area contributed by atoms with Crippen LogP contribution in [-0.4, -0.2) is 28.9 Å². The molecular formula is C18H15NO5S. The lowest BCUT2D eigenvalue weighted by atomic mass is 10.0. The predicted octanol–water partition coefficient (Wildman–Crippen LogP) is 2.88. The minimum Gasteiger partial charge on any atom is -0.508 e. The third-order valence-corrected chi connectivity index (χ3v) is 5.41. The molecule has 0 unspecified atom stereocenters. The number of phenols is 1. The molecule has 0 bridgehead atoms. The van der Waals surface area contributed by atoms with Crippen molar-refractivity contribution >= 4 is 27.6 Å². The molecule has 0 fully saturated rings. The van der Waals surface area contributed by atoms with Crippen LogP contribution < -0.4 is 0 Å². The number of hydrogen-bond acceptors (Lipinski definition) is 4. The lowest BCUT2D eigenvalue weighted by Gasteiger charge is -2.25. The number of fused-ring (bicyclic) bond motifs is 1. The Balaban J connectivity index is 2.03. The van der Waals surface area contributed by atoms with Gasteiger partial charge >= 0.3 is 5.97 Å². The number of carboxylic acid groups (broad SMARTS) is 1. The molecule has 6 nitrogen and oxygen atoms in total. The van der Waals surface area contributed by atoms with E-state index < -0.39 is 16.0 Å². The standard InChI is InChI=1S/C18H15NO5S/c20-15-7-5-13(6-8-15)9-10-19-12-14(11-18(21)22)16-3-1-2-4-17(16)25(19,23)24/h1-10,12,20H,11H2,(H,21,22)/b10-9+. The zero-order valence-corrected chi connectivity index (χ0v) is 13.8. The van der Waals surface area contributed by atoms with Crippen LogP contribution >= 0.6 is 0 Å². The number of aromatic hydroxyl groups is 1. The van der Waals surface area contributed by atoms with Gasteiger partial charge in [-0.1, -0.05) is 30.3 Å². The topological polar surface area (TPSA) is 94.9 Å². The summed E-state index contributed by atoms with van der Waals surface area (Å²) in [6.45, 7) is 0. The Bertz CT molecular complexity index is 975. The molecule has 3 rings (SSSR count). The van der Waals surface area contributed by atoms with Gasteiger partial charge in [-0.3, -0.25) is 4.79 Å². The Labute approximate surface area is 145 Å². The van der Waals surface area contributed by atoms with Crippen LogP contribution in [0.5, 0.6) is 5.75 Å². The van der Waals surface area contributed by atoms with E-state index in [2.05, 4.69) is 0 Å². The van der Waals surface area contributed by atoms with Crippen molar-refractivity contribution in [2.45, 2.75) is 11.3 Å². The van der Waals surface area contributed by atoms with E-state index in [4.69, 9.17) is 5.11 Å². The lowest BCUT2D eigenvalue weighted by molar-refractivity contribution is -0.135. The van der Waals surface area contributed by atoms with Crippen molar-refractivity contribution in [2.24, 2.45) is 0 Å². The normalized spacial score (nSPS) is 15.7. The second-order valence-corrected chi connectivity index (χ2v) is 7.27. The maximum atomic E-state index is 12.8. The molecule has 0 aliphatic carbocycles. The molecule has 2 aromatic carbocycles. The van der Waals surface area contributed by atoms with Crippen molar-refractivity contribution in [3.05, 3.63) is 72.1 Å². The van der Waals surface area contributed by atoms with Crippen molar-refractivity contribution in [1.82, 2.24) is 4.31 Å². The fraction of sp³-hybridized carbons (Fsp3) is 0.0556. The summed E-state index contributed by atoms with van der Waals surface area (Å²) in [6, 6.07) is 12.6. The summed E-state index contributed by atoms with van der Waals surface area (Å²) < 4.78 is 26.5. The molecule has 0 saturated carbocycles. The molecule has 0 aromatic heterocycles. The van der Waals surface area contributed by atoms with E-state index in [0.717, 1.165) is 4.31 Å². The molecule has 1 heterocycles. The van der Waals surface area contributed by atoms with Crippen LogP contribution in [0, 0.1) is 0 Å². The molecule has 25 heavy (non-hydrogen) atoms. The minimum absolute atomic E-state index is 0.0732. The van der Waals surface area contributed by atoms with Gasteiger partial charge in [-0.2, -0.15) is 0 Å². The summed E-state index contributed by atoms with van der Waals surface area (Å²) in [6.07, 6.45) is 3.97. The summed E-state index contributed by atoms with van der Waals surface area (Å²) >= 11 is 0. The molecule has 1 aliphatic heterocycles. The zero-order valence-electron chi connectivity index (χ0n) is 13.0. The third-order valence-electron chi connectivity index (χ3n) is 3.72. The number of sulfonamides is 1. The predicted molar refractivity (Wildman–Crippen MR) is 92.8 cm³/mol. The Hall–Kier alpha value is -3.06. The molecule has 1 aliphatic rings. The average molecular weight is 357 g/mol. The number of rotatable bonds is 4. The van der Waals surface area contributed by atoms with Gasteiger partial charge in [-0.25, -0.2) is 12.7 Å². The van der Waals surface area contributed by atoms with E-state index in [0.29, 0.717) is 16.7 Å². The van der Waals surface area contributed by atoms with Crippen molar-refractivity contribution in [3.8, 4) is 5.75 Å². The van der Waals surface area contributed by atoms with Crippen LogP contribution in [0.4, 0.5) is 0 Å². The number of hydrogen-bond donors (Lipinski definition) is 2. The number of aliphatic carboxylic acids is 1. The van der Waals surface area contributed by atoms with Crippen molar-refractivity contribution < 1.29 is 23.4 Å². The van der Waals surface area contributed by atoms with Crippen LogP contribution in [0.2, 0.25) is 0 Å². The molecule has 0 spiro atoms. The highest BCUT2D eigenvalue weighted by atomic mass is 32.2. The van der Waals surface area contributed by atoms with E-state index in [-0.39, 0.29) is 17.1 Å². The van der Waals surface area contributed by atoms with E-state index in [1.165, 1.54) is 30.6 Å². The molecule has 0 atom stereocenters. The van der Waals surface area contributed by atoms with Gasteiger partial charge in [0.2, 0.25) is 0 Å². The van der Waals surface area contributed by atoms with E-state index in [1.54, 1.807) is 36.4 Å². The second kappa shape index (κ2) is 6.45. The number of phenolic OH excluding ortho intramolecular Hbond substituents is 1. The summed E-state index contributed by atoms with van der Waals surface area (Å²) in [7, 11) is -3.80. The highest BCUT2D eigenvalue weighted by molar-refractivity contribution is 7.89. The summed E-state index contributed by atoms with van der Waals surface area (Å²) in [4.78, 5) is 11.2. The first-order chi connectivity index (χ1) is 11.9. The fourth-order valence-electron chi connectivity index (χ4n) is 2.53. The maximum Gasteiger partial charge on any atom is 0.307 e. The first-order valence-corrected chi connectivity index (χ1v) is 8.84. The molecule has 0 radical (unpaired) electrons. The number of carboxylic acids is 1. The SMILES string of the molecule is O=C(O)CC1=CN(/C=C/c2ccc(O)cc2)S(=O)(=O)c2ccccc21. The Morgan fingerprint density at radius 2 is 1.76 bits per heavy atom. The average Bonchev–Trinajstić information content (AvgIpc) is 2.57. The Kier molecular flexibility index (Phi) is 4.33. The van der Waals surface area contributed by atoms with Crippen molar-refractivity contribution in [3.63, 3.8) is 0 Å². The number of benzene rings is 2. The largest absolute Gasteiger partial charge is 0.508 e. The van der Waals surface area contributed by atoms with Gasteiger partial charge in [0.25, 0.3) is 10.0 Å². The van der Waals surface area contributed by atoms with Gasteiger partial charge in [-0.15, -0.1) is 0 Å². The number of nitrogens with zero attached hydrogens (tertiary/aromatic N) is 1. The van der Waals surface area contributed by atoms with Crippen LogP contribution in [0.3, 0.4) is 0 Å². The fourth-order valence-corrected chi connectivity index (χ4v) is 3.98. The molecule has 7 heteroatoms. The lowest BCUT2D eigenvalue weighted by Crippen LogP contribution is -2.26. The minimum atomic E-state index is -3.80. The van der Waals surface area contributed by atoms with Crippen LogP contribution in [0.1, 0.15) is 17.5 Å².